The van der Waals surface area contributed by atoms with Gasteiger partial charge >= 0.3 is 0 Å². The maximum Gasteiger partial charge on any atom is 0.135 e. The Kier molecular flexibility index (Phi) is 4.81. The fraction of sp³-hybridized carbons (Fsp3) is 0.333. The second-order valence-electron chi connectivity index (χ2n) is 4.70. The number of hydrogen-bond donors (Lipinski definition) is 1. The first-order valence-corrected chi connectivity index (χ1v) is 7.87. The summed E-state index contributed by atoms with van der Waals surface area (Å²) in [7, 11) is 1.66. The van der Waals surface area contributed by atoms with Crippen LogP contribution >= 0.6 is 31.9 Å². The molecule has 0 aliphatic carbocycles. The highest BCUT2D eigenvalue weighted by Crippen LogP contribution is 2.36. The van der Waals surface area contributed by atoms with Crippen LogP contribution in [0.5, 0.6) is 5.75 Å². The van der Waals surface area contributed by atoms with Crippen LogP contribution in [-0.4, -0.2) is 7.11 Å². The van der Waals surface area contributed by atoms with Crippen molar-refractivity contribution in [3.63, 3.8) is 0 Å². The summed E-state index contributed by atoms with van der Waals surface area (Å²) in [6.07, 6.45) is 0. The monoisotopic (exact) mass is 401 g/mol. The molecule has 1 aromatic carbocycles. The van der Waals surface area contributed by atoms with Crippen LogP contribution in [0.2, 0.25) is 0 Å². The van der Waals surface area contributed by atoms with E-state index in [0.717, 1.165) is 37.5 Å². The Morgan fingerprint density at radius 1 is 1.15 bits per heavy atom. The molecular weight excluding hydrogens is 386 g/mol. The third-order valence-corrected chi connectivity index (χ3v) is 4.44. The molecule has 5 heteroatoms. The molecule has 0 saturated heterocycles. The van der Waals surface area contributed by atoms with E-state index in [9.17, 15) is 0 Å². The van der Waals surface area contributed by atoms with Crippen LogP contribution in [0.4, 0.5) is 5.69 Å². The lowest BCUT2D eigenvalue weighted by Crippen LogP contribution is -2.07. The fourth-order valence-corrected chi connectivity index (χ4v) is 3.46. The smallest absolute Gasteiger partial charge is 0.135 e. The first-order chi connectivity index (χ1) is 9.42. The molecule has 0 bridgehead atoms. The van der Waals surface area contributed by atoms with Gasteiger partial charge in [0.05, 0.1) is 23.3 Å². The third-order valence-electron chi connectivity index (χ3n) is 3.16. The van der Waals surface area contributed by atoms with Gasteiger partial charge in [0.15, 0.2) is 0 Å². The van der Waals surface area contributed by atoms with E-state index in [0.29, 0.717) is 0 Å². The quantitative estimate of drug-likeness (QED) is 0.722. The van der Waals surface area contributed by atoms with Gasteiger partial charge < -0.3 is 14.5 Å². The van der Waals surface area contributed by atoms with Crippen LogP contribution in [-0.2, 0) is 0 Å². The van der Waals surface area contributed by atoms with Crippen LogP contribution < -0.4 is 10.1 Å². The van der Waals surface area contributed by atoms with Gasteiger partial charge in [0.2, 0.25) is 0 Å². The second-order valence-corrected chi connectivity index (χ2v) is 6.41. The van der Waals surface area contributed by atoms with Crippen molar-refractivity contribution in [2.24, 2.45) is 0 Å². The van der Waals surface area contributed by atoms with Crippen LogP contribution in [0.3, 0.4) is 0 Å². The predicted octanol–water partition coefficient (Wildman–Crippen LogP) is 5.60. The number of ether oxygens (including phenoxy) is 1. The number of methoxy groups -OCH3 is 1. The molecule has 108 valence electrons. The van der Waals surface area contributed by atoms with Gasteiger partial charge in [-0.25, -0.2) is 0 Å². The topological polar surface area (TPSA) is 34.4 Å². The SMILES string of the molecule is COc1cc(NC(C)c2cc(C)oc2C)c(Br)cc1Br. The molecule has 0 fully saturated rings. The Balaban J connectivity index is 2.27. The zero-order chi connectivity index (χ0) is 14.9. The van der Waals surface area contributed by atoms with E-state index in [2.05, 4.69) is 50.2 Å². The Morgan fingerprint density at radius 2 is 1.85 bits per heavy atom. The average Bonchev–Trinajstić information content (AvgIpc) is 2.71. The maximum atomic E-state index is 5.58. The number of nitrogens with one attached hydrogen (secondary N) is 1. The predicted molar refractivity (Wildman–Crippen MR) is 88.6 cm³/mol. The summed E-state index contributed by atoms with van der Waals surface area (Å²) < 4.78 is 12.8. The van der Waals surface area contributed by atoms with Crippen LogP contribution in [0, 0.1) is 13.8 Å². The van der Waals surface area contributed by atoms with Gasteiger partial charge in [0.25, 0.3) is 0 Å². The molecule has 0 saturated carbocycles. The van der Waals surface area contributed by atoms with E-state index < -0.39 is 0 Å². The number of rotatable bonds is 4. The zero-order valence-electron chi connectivity index (χ0n) is 11.9. The summed E-state index contributed by atoms with van der Waals surface area (Å²) in [6.45, 7) is 6.05. The number of furan rings is 1. The molecule has 0 aliphatic heterocycles. The molecule has 1 N–H and O–H groups in total. The van der Waals surface area contributed by atoms with E-state index in [1.165, 1.54) is 0 Å². The third kappa shape index (κ3) is 3.20. The zero-order valence-corrected chi connectivity index (χ0v) is 15.1. The highest BCUT2D eigenvalue weighted by atomic mass is 79.9. The lowest BCUT2D eigenvalue weighted by molar-refractivity contribution is 0.412. The van der Waals surface area contributed by atoms with Crippen molar-refractivity contribution in [1.29, 1.82) is 0 Å². The number of aryl methyl sites for hydroxylation is 2. The molecule has 1 unspecified atom stereocenters. The van der Waals surface area contributed by atoms with Gasteiger partial charge in [-0.3, -0.25) is 0 Å². The molecule has 0 aliphatic rings. The van der Waals surface area contributed by atoms with Crippen molar-refractivity contribution in [3.8, 4) is 5.75 Å². The molecule has 3 nitrogen and oxygen atoms in total. The summed E-state index contributed by atoms with van der Waals surface area (Å²) >= 11 is 7.03. The Labute approximate surface area is 136 Å². The first kappa shape index (κ1) is 15.4. The van der Waals surface area contributed by atoms with Crippen molar-refractivity contribution in [3.05, 3.63) is 44.2 Å². The molecule has 2 rings (SSSR count). The molecule has 0 radical (unpaired) electrons. The number of hydrogen-bond acceptors (Lipinski definition) is 3. The normalized spacial score (nSPS) is 12.3. The number of benzene rings is 1. The number of halogens is 2. The largest absolute Gasteiger partial charge is 0.495 e. The highest BCUT2D eigenvalue weighted by Gasteiger charge is 2.15. The summed E-state index contributed by atoms with van der Waals surface area (Å²) in [5, 5.41) is 3.47. The van der Waals surface area contributed by atoms with Gasteiger partial charge in [0.1, 0.15) is 17.3 Å². The van der Waals surface area contributed by atoms with Crippen LogP contribution in [0.1, 0.15) is 30.0 Å². The highest BCUT2D eigenvalue weighted by molar-refractivity contribution is 9.11. The van der Waals surface area contributed by atoms with Crippen molar-refractivity contribution in [1.82, 2.24) is 0 Å². The Hall–Kier alpha value is -0.940. The van der Waals surface area contributed by atoms with Crippen molar-refractivity contribution in [2.45, 2.75) is 26.8 Å². The lowest BCUT2D eigenvalue weighted by atomic mass is 10.1. The van der Waals surface area contributed by atoms with Gasteiger partial charge in [-0.15, -0.1) is 0 Å². The summed E-state index contributed by atoms with van der Waals surface area (Å²) in [6, 6.07) is 6.15. The molecule has 1 atom stereocenters. The molecule has 20 heavy (non-hydrogen) atoms. The van der Waals surface area contributed by atoms with Gasteiger partial charge in [-0.1, -0.05) is 0 Å². The van der Waals surface area contributed by atoms with Crippen LogP contribution in [0.25, 0.3) is 0 Å². The summed E-state index contributed by atoms with van der Waals surface area (Å²) in [5.41, 5.74) is 2.15. The minimum Gasteiger partial charge on any atom is -0.495 e. The second kappa shape index (κ2) is 6.22. The number of anilines is 1. The molecule has 1 heterocycles. The van der Waals surface area contributed by atoms with Gasteiger partial charge in [-0.05, 0) is 64.8 Å². The summed E-state index contributed by atoms with van der Waals surface area (Å²) in [4.78, 5) is 0. The fourth-order valence-electron chi connectivity index (χ4n) is 2.19. The van der Waals surface area contributed by atoms with E-state index in [4.69, 9.17) is 9.15 Å². The van der Waals surface area contributed by atoms with E-state index in [1.54, 1.807) is 7.11 Å². The van der Waals surface area contributed by atoms with E-state index in [1.807, 2.05) is 26.0 Å². The minimum atomic E-state index is 0.148. The molecule has 0 spiro atoms. The standard InChI is InChI=1S/C15H17Br2NO2/c1-8-5-11(10(3)20-8)9(2)18-14-7-15(19-4)13(17)6-12(14)16/h5-7,9,18H,1-4H3. The van der Waals surface area contributed by atoms with Crippen LogP contribution in [0.15, 0.2) is 31.6 Å². The minimum absolute atomic E-state index is 0.148. The van der Waals surface area contributed by atoms with E-state index >= 15 is 0 Å². The average molecular weight is 403 g/mol. The first-order valence-electron chi connectivity index (χ1n) is 6.29. The molecule has 2 aromatic rings. The Morgan fingerprint density at radius 3 is 2.40 bits per heavy atom. The van der Waals surface area contributed by atoms with Gasteiger partial charge in [-0.2, -0.15) is 0 Å². The van der Waals surface area contributed by atoms with Crippen molar-refractivity contribution < 1.29 is 9.15 Å². The maximum absolute atomic E-state index is 5.58. The molecule has 0 amide bonds. The van der Waals surface area contributed by atoms with Gasteiger partial charge in [0, 0.05) is 16.1 Å². The molecular formula is C15H17Br2NO2. The Bertz CT molecular complexity index is 623. The molecule has 1 aromatic heterocycles. The van der Waals surface area contributed by atoms with Crippen molar-refractivity contribution in [2.75, 3.05) is 12.4 Å². The van der Waals surface area contributed by atoms with E-state index in [-0.39, 0.29) is 6.04 Å². The van der Waals surface area contributed by atoms with Crippen molar-refractivity contribution >= 4 is 37.5 Å². The lowest BCUT2D eigenvalue weighted by Gasteiger charge is -2.17. The summed E-state index contributed by atoms with van der Waals surface area (Å²) in [5.74, 6) is 2.67.